The van der Waals surface area contributed by atoms with Gasteiger partial charge in [-0.05, 0) is 39.3 Å². The van der Waals surface area contributed by atoms with Gasteiger partial charge in [-0.15, -0.1) is 10.2 Å². The number of piperidine rings is 1. The lowest BCUT2D eigenvalue weighted by Crippen LogP contribution is -2.33. The van der Waals surface area contributed by atoms with Crippen molar-refractivity contribution in [2.75, 3.05) is 20.1 Å². The molecular weight excluding hydrogens is 214 g/mol. The molecule has 0 aliphatic carbocycles. The Bertz CT molecular complexity index is 400. The Labute approximate surface area is 102 Å². The van der Waals surface area contributed by atoms with Crippen molar-refractivity contribution in [1.29, 1.82) is 0 Å². The van der Waals surface area contributed by atoms with Crippen molar-refractivity contribution in [2.24, 2.45) is 5.73 Å². The van der Waals surface area contributed by atoms with Crippen LogP contribution in [0.1, 0.15) is 49.3 Å². The van der Waals surface area contributed by atoms with E-state index >= 15 is 0 Å². The van der Waals surface area contributed by atoms with Crippen LogP contribution in [0.15, 0.2) is 0 Å². The first-order valence-electron chi connectivity index (χ1n) is 6.63. The van der Waals surface area contributed by atoms with Gasteiger partial charge in [-0.1, -0.05) is 0 Å². The molecule has 2 aliphatic heterocycles. The highest BCUT2D eigenvalue weighted by Crippen LogP contribution is 2.29. The van der Waals surface area contributed by atoms with Crippen LogP contribution < -0.4 is 5.73 Å². The van der Waals surface area contributed by atoms with Gasteiger partial charge in [0.25, 0.3) is 0 Å². The molecule has 5 heteroatoms. The number of nitrogens with two attached hydrogens (primary N) is 1. The molecule has 0 radical (unpaired) electrons. The molecule has 1 fully saturated rings. The minimum absolute atomic E-state index is 0.0892. The maximum Gasteiger partial charge on any atom is 0.149 e. The summed E-state index contributed by atoms with van der Waals surface area (Å²) in [4.78, 5) is 2.39. The van der Waals surface area contributed by atoms with Gasteiger partial charge in [0.05, 0.1) is 6.04 Å². The Morgan fingerprint density at radius 1 is 1.12 bits per heavy atom. The average Bonchev–Trinajstić information content (AvgIpc) is 2.74. The van der Waals surface area contributed by atoms with E-state index in [1.165, 1.54) is 25.2 Å². The van der Waals surface area contributed by atoms with Crippen LogP contribution in [0.5, 0.6) is 0 Å². The summed E-state index contributed by atoms with van der Waals surface area (Å²) in [7, 11) is 2.19. The van der Waals surface area contributed by atoms with Crippen LogP contribution in [0.3, 0.4) is 0 Å². The zero-order valence-corrected chi connectivity index (χ0v) is 10.5. The Morgan fingerprint density at radius 3 is 2.71 bits per heavy atom. The quantitative estimate of drug-likeness (QED) is 0.785. The standard InChI is InChI=1S/C12H21N5/c1-16-6-2-4-9(8-16)11-14-15-12-10(13)5-3-7-17(11)12/h9-10H,2-8,13H2,1H3. The van der Waals surface area contributed by atoms with Crippen molar-refractivity contribution < 1.29 is 0 Å². The summed E-state index contributed by atoms with van der Waals surface area (Å²) in [5.41, 5.74) is 6.08. The number of hydrogen-bond acceptors (Lipinski definition) is 4. The number of fused-ring (bicyclic) bond motifs is 1. The molecule has 5 nitrogen and oxygen atoms in total. The molecule has 1 saturated heterocycles. The van der Waals surface area contributed by atoms with E-state index in [9.17, 15) is 0 Å². The molecule has 0 saturated carbocycles. The van der Waals surface area contributed by atoms with Gasteiger partial charge in [-0.2, -0.15) is 0 Å². The van der Waals surface area contributed by atoms with Crippen LogP contribution in [-0.4, -0.2) is 39.8 Å². The van der Waals surface area contributed by atoms with E-state index in [2.05, 4.69) is 26.7 Å². The second kappa shape index (κ2) is 4.38. The second-order valence-corrected chi connectivity index (χ2v) is 5.42. The molecule has 94 valence electrons. The normalized spacial score (nSPS) is 30.2. The number of aromatic nitrogens is 3. The van der Waals surface area contributed by atoms with Crippen molar-refractivity contribution in [3.05, 3.63) is 11.6 Å². The van der Waals surface area contributed by atoms with Crippen molar-refractivity contribution in [3.8, 4) is 0 Å². The molecule has 3 rings (SSSR count). The summed E-state index contributed by atoms with van der Waals surface area (Å²) in [6, 6.07) is 0.0892. The second-order valence-electron chi connectivity index (χ2n) is 5.42. The summed E-state index contributed by atoms with van der Waals surface area (Å²) in [5, 5.41) is 8.72. The van der Waals surface area contributed by atoms with Crippen molar-refractivity contribution in [3.63, 3.8) is 0 Å². The van der Waals surface area contributed by atoms with Gasteiger partial charge in [-0.3, -0.25) is 0 Å². The van der Waals surface area contributed by atoms with Crippen LogP contribution in [0, 0.1) is 0 Å². The Balaban J connectivity index is 1.88. The summed E-state index contributed by atoms with van der Waals surface area (Å²) in [5.74, 6) is 2.71. The summed E-state index contributed by atoms with van der Waals surface area (Å²) < 4.78 is 2.28. The molecule has 2 N–H and O–H groups in total. The molecule has 2 atom stereocenters. The maximum atomic E-state index is 6.08. The fourth-order valence-corrected chi connectivity index (χ4v) is 3.11. The number of likely N-dealkylation sites (tertiary alicyclic amines) is 1. The number of rotatable bonds is 1. The zero-order chi connectivity index (χ0) is 11.8. The van der Waals surface area contributed by atoms with Crippen LogP contribution in [-0.2, 0) is 6.54 Å². The first-order valence-corrected chi connectivity index (χ1v) is 6.63. The molecule has 2 unspecified atom stereocenters. The van der Waals surface area contributed by atoms with Crippen molar-refractivity contribution in [1.82, 2.24) is 19.7 Å². The van der Waals surface area contributed by atoms with E-state index in [1.54, 1.807) is 0 Å². The highest BCUT2D eigenvalue weighted by molar-refractivity contribution is 5.08. The van der Waals surface area contributed by atoms with Crippen LogP contribution in [0.2, 0.25) is 0 Å². The average molecular weight is 235 g/mol. The van der Waals surface area contributed by atoms with Crippen molar-refractivity contribution in [2.45, 2.75) is 44.2 Å². The highest BCUT2D eigenvalue weighted by Gasteiger charge is 2.28. The smallest absolute Gasteiger partial charge is 0.149 e. The Morgan fingerprint density at radius 2 is 1.88 bits per heavy atom. The van der Waals surface area contributed by atoms with Gasteiger partial charge in [0, 0.05) is 19.0 Å². The molecule has 3 heterocycles. The number of likely N-dealkylation sites (N-methyl/N-ethyl adjacent to an activating group) is 1. The topological polar surface area (TPSA) is 60.0 Å². The predicted octanol–water partition coefficient (Wildman–Crippen LogP) is 0.881. The Kier molecular flexibility index (Phi) is 2.88. The van der Waals surface area contributed by atoms with Crippen LogP contribution in [0.25, 0.3) is 0 Å². The van der Waals surface area contributed by atoms with Gasteiger partial charge in [0.2, 0.25) is 0 Å². The summed E-state index contributed by atoms with van der Waals surface area (Å²) in [6.07, 6.45) is 4.69. The molecule has 2 aliphatic rings. The van der Waals surface area contributed by atoms with E-state index < -0.39 is 0 Å². The molecule has 1 aromatic rings. The molecule has 17 heavy (non-hydrogen) atoms. The fraction of sp³-hybridized carbons (Fsp3) is 0.833. The molecular formula is C12H21N5. The predicted molar refractivity (Wildman–Crippen MR) is 65.7 cm³/mol. The summed E-state index contributed by atoms with van der Waals surface area (Å²) >= 11 is 0. The van der Waals surface area contributed by atoms with Gasteiger partial charge in [0.1, 0.15) is 11.6 Å². The number of nitrogens with zero attached hydrogens (tertiary/aromatic N) is 4. The monoisotopic (exact) mass is 235 g/mol. The minimum Gasteiger partial charge on any atom is -0.321 e. The third kappa shape index (κ3) is 1.98. The highest BCUT2D eigenvalue weighted by atomic mass is 15.3. The maximum absolute atomic E-state index is 6.08. The summed E-state index contributed by atoms with van der Waals surface area (Å²) in [6.45, 7) is 3.36. The number of hydrogen-bond donors (Lipinski definition) is 1. The fourth-order valence-electron chi connectivity index (χ4n) is 3.11. The lowest BCUT2D eigenvalue weighted by atomic mass is 9.97. The third-order valence-electron chi connectivity index (χ3n) is 4.03. The first kappa shape index (κ1) is 11.2. The van der Waals surface area contributed by atoms with Crippen LogP contribution in [0.4, 0.5) is 0 Å². The molecule has 0 aromatic carbocycles. The van der Waals surface area contributed by atoms with Gasteiger partial charge < -0.3 is 15.2 Å². The zero-order valence-electron chi connectivity index (χ0n) is 10.5. The van der Waals surface area contributed by atoms with E-state index in [4.69, 9.17) is 5.73 Å². The lowest BCUT2D eigenvalue weighted by Gasteiger charge is -2.30. The van der Waals surface area contributed by atoms with Gasteiger partial charge >= 0.3 is 0 Å². The van der Waals surface area contributed by atoms with E-state index in [1.807, 2.05) is 0 Å². The van der Waals surface area contributed by atoms with E-state index in [0.29, 0.717) is 5.92 Å². The van der Waals surface area contributed by atoms with Gasteiger partial charge in [0.15, 0.2) is 0 Å². The molecule has 0 spiro atoms. The minimum atomic E-state index is 0.0892. The first-order chi connectivity index (χ1) is 8.25. The Hall–Kier alpha value is -0.940. The molecule has 0 bridgehead atoms. The molecule has 1 aromatic heterocycles. The SMILES string of the molecule is CN1CCCC(c2nnc3n2CCCC3N)C1. The van der Waals surface area contributed by atoms with E-state index in [0.717, 1.165) is 31.8 Å². The molecule has 0 amide bonds. The van der Waals surface area contributed by atoms with E-state index in [-0.39, 0.29) is 6.04 Å². The van der Waals surface area contributed by atoms with Gasteiger partial charge in [-0.25, -0.2) is 0 Å². The largest absolute Gasteiger partial charge is 0.321 e. The third-order valence-corrected chi connectivity index (χ3v) is 4.03. The van der Waals surface area contributed by atoms with Crippen LogP contribution >= 0.6 is 0 Å². The van der Waals surface area contributed by atoms with Crippen molar-refractivity contribution >= 4 is 0 Å². The lowest BCUT2D eigenvalue weighted by molar-refractivity contribution is 0.241.